The Hall–Kier alpha value is -2.45. The normalized spacial score (nSPS) is 11.5. The Morgan fingerprint density at radius 2 is 1.83 bits per heavy atom. The zero-order chi connectivity index (χ0) is 20.8. The number of halogens is 1. The van der Waals surface area contributed by atoms with Crippen molar-refractivity contribution in [3.05, 3.63) is 64.1 Å². The molecule has 1 N–H and O–H groups in total. The van der Waals surface area contributed by atoms with Crippen LogP contribution in [0.3, 0.4) is 0 Å². The Bertz CT molecular complexity index is 1010. The monoisotopic (exact) mass is 471 g/mol. The fourth-order valence-corrected chi connectivity index (χ4v) is 3.72. The molecule has 0 unspecified atom stereocenters. The minimum Gasteiger partial charge on any atom is -0.302 e. The molecule has 29 heavy (non-hydrogen) atoms. The number of nitrogens with zero attached hydrogens (tertiary/aromatic N) is 4. The lowest BCUT2D eigenvalue weighted by atomic mass is 10.1. The van der Waals surface area contributed by atoms with Gasteiger partial charge in [0, 0.05) is 16.6 Å². The smallest absolute Gasteiger partial charge is 0.250 e. The summed E-state index contributed by atoms with van der Waals surface area (Å²) in [5.41, 5.74) is 6.51. The molecule has 2 aromatic carbocycles. The first kappa shape index (κ1) is 21.3. The summed E-state index contributed by atoms with van der Waals surface area (Å²) in [6.07, 6.45) is 0. The van der Waals surface area contributed by atoms with E-state index in [-0.39, 0.29) is 11.7 Å². The summed E-state index contributed by atoms with van der Waals surface area (Å²) < 4.78 is 3.01. The van der Waals surface area contributed by atoms with Crippen LogP contribution in [0.15, 0.2) is 63.3 Å². The number of aryl methyl sites for hydroxylation is 1. The average molecular weight is 472 g/mol. The molecule has 0 aliphatic carbocycles. The van der Waals surface area contributed by atoms with Gasteiger partial charge in [-0.1, -0.05) is 69.7 Å². The summed E-state index contributed by atoms with van der Waals surface area (Å²) in [6, 6.07) is 15.9. The Balaban J connectivity index is 1.62. The lowest BCUT2D eigenvalue weighted by Gasteiger charge is -2.07. The number of aromatic nitrogens is 3. The largest absolute Gasteiger partial charge is 0.302 e. The first-order valence-electron chi connectivity index (χ1n) is 9.20. The second-order valence-corrected chi connectivity index (χ2v) is 8.30. The van der Waals surface area contributed by atoms with E-state index in [1.807, 2.05) is 54.8 Å². The number of thioether (sulfide) groups is 1. The molecule has 3 rings (SSSR count). The minimum absolute atomic E-state index is 0.186. The van der Waals surface area contributed by atoms with Crippen molar-refractivity contribution in [2.24, 2.45) is 5.10 Å². The number of hydrogen-bond acceptors (Lipinski definition) is 5. The molecule has 0 bridgehead atoms. The van der Waals surface area contributed by atoms with E-state index in [0.717, 1.165) is 33.7 Å². The van der Waals surface area contributed by atoms with Crippen molar-refractivity contribution in [2.45, 2.75) is 32.5 Å². The van der Waals surface area contributed by atoms with Crippen LogP contribution in [0.5, 0.6) is 0 Å². The molecule has 6 nitrogen and oxygen atoms in total. The molecule has 1 aromatic heterocycles. The highest BCUT2D eigenvalue weighted by Crippen LogP contribution is 2.24. The van der Waals surface area contributed by atoms with Gasteiger partial charge in [-0.2, -0.15) is 5.10 Å². The second kappa shape index (κ2) is 9.84. The third-order valence-corrected chi connectivity index (χ3v) is 5.78. The summed E-state index contributed by atoms with van der Waals surface area (Å²) in [5, 5.41) is 13.5. The maximum atomic E-state index is 12.2. The van der Waals surface area contributed by atoms with Crippen LogP contribution in [0.4, 0.5) is 0 Å². The number of hydrazone groups is 1. The van der Waals surface area contributed by atoms with Crippen molar-refractivity contribution in [1.82, 2.24) is 20.2 Å². The van der Waals surface area contributed by atoms with Crippen molar-refractivity contribution in [1.29, 1.82) is 0 Å². The number of benzene rings is 2. The van der Waals surface area contributed by atoms with E-state index in [1.165, 1.54) is 17.3 Å². The minimum atomic E-state index is -0.186. The highest BCUT2D eigenvalue weighted by Gasteiger charge is 2.14. The molecule has 8 heteroatoms. The van der Waals surface area contributed by atoms with Gasteiger partial charge in [0.2, 0.25) is 0 Å². The zero-order valence-electron chi connectivity index (χ0n) is 16.5. The third-order valence-electron chi connectivity index (χ3n) is 4.29. The van der Waals surface area contributed by atoms with Crippen LogP contribution in [0.1, 0.15) is 25.0 Å². The SMILES string of the molecule is CCn1c(SCC(=O)NN=C(C)c2ccc(Br)cc2)nnc1-c1ccc(C)cc1. The molecule has 0 saturated heterocycles. The van der Waals surface area contributed by atoms with E-state index in [0.29, 0.717) is 5.16 Å². The topological polar surface area (TPSA) is 72.2 Å². The maximum Gasteiger partial charge on any atom is 0.250 e. The van der Waals surface area contributed by atoms with Crippen LogP contribution in [0.25, 0.3) is 11.4 Å². The fraction of sp³-hybridized carbons (Fsp3) is 0.238. The number of carbonyl (C=O) groups excluding carboxylic acids is 1. The van der Waals surface area contributed by atoms with Gasteiger partial charge in [0.1, 0.15) is 0 Å². The summed E-state index contributed by atoms with van der Waals surface area (Å²) in [4.78, 5) is 12.2. The van der Waals surface area contributed by atoms with Crippen molar-refractivity contribution < 1.29 is 4.79 Å². The van der Waals surface area contributed by atoms with Crippen LogP contribution in [-0.2, 0) is 11.3 Å². The molecule has 0 spiro atoms. The first-order valence-corrected chi connectivity index (χ1v) is 11.0. The Morgan fingerprint density at radius 1 is 1.14 bits per heavy atom. The number of rotatable bonds is 7. The van der Waals surface area contributed by atoms with Gasteiger partial charge in [0.15, 0.2) is 11.0 Å². The molecular weight excluding hydrogens is 450 g/mol. The summed E-state index contributed by atoms with van der Waals surface area (Å²) in [5.74, 6) is 0.830. The average Bonchev–Trinajstić information content (AvgIpc) is 3.14. The van der Waals surface area contributed by atoms with Crippen molar-refractivity contribution in [3.63, 3.8) is 0 Å². The van der Waals surface area contributed by atoms with Crippen LogP contribution in [0, 0.1) is 6.92 Å². The molecule has 0 aliphatic heterocycles. The van der Waals surface area contributed by atoms with Crippen LogP contribution < -0.4 is 5.43 Å². The molecule has 0 aliphatic rings. The van der Waals surface area contributed by atoms with Crippen molar-refractivity contribution >= 4 is 39.3 Å². The molecule has 0 radical (unpaired) electrons. The summed E-state index contributed by atoms with van der Waals surface area (Å²) in [7, 11) is 0. The molecule has 0 fully saturated rings. The van der Waals surface area contributed by atoms with Crippen LogP contribution >= 0.6 is 27.7 Å². The van der Waals surface area contributed by atoms with Gasteiger partial charge in [-0.05, 0) is 38.5 Å². The van der Waals surface area contributed by atoms with Crippen molar-refractivity contribution in [3.8, 4) is 11.4 Å². The van der Waals surface area contributed by atoms with E-state index >= 15 is 0 Å². The molecule has 3 aromatic rings. The van der Waals surface area contributed by atoms with Gasteiger partial charge >= 0.3 is 0 Å². The van der Waals surface area contributed by atoms with Gasteiger partial charge in [-0.3, -0.25) is 4.79 Å². The Labute approximate surface area is 182 Å². The van der Waals surface area contributed by atoms with E-state index in [2.05, 4.69) is 55.7 Å². The Kier molecular flexibility index (Phi) is 7.22. The molecule has 0 saturated carbocycles. The van der Waals surface area contributed by atoms with Crippen molar-refractivity contribution in [2.75, 3.05) is 5.75 Å². The van der Waals surface area contributed by atoms with E-state index in [1.54, 1.807) is 0 Å². The highest BCUT2D eigenvalue weighted by molar-refractivity contribution is 9.10. The number of amides is 1. The fourth-order valence-electron chi connectivity index (χ4n) is 2.66. The number of hydrogen-bond donors (Lipinski definition) is 1. The first-order chi connectivity index (χ1) is 14.0. The van der Waals surface area contributed by atoms with Crippen LogP contribution in [0.2, 0.25) is 0 Å². The Morgan fingerprint density at radius 3 is 2.48 bits per heavy atom. The van der Waals surface area contributed by atoms with E-state index in [4.69, 9.17) is 0 Å². The number of carbonyl (C=O) groups is 1. The van der Waals surface area contributed by atoms with E-state index in [9.17, 15) is 4.79 Å². The predicted molar refractivity (Wildman–Crippen MR) is 121 cm³/mol. The number of nitrogens with one attached hydrogen (secondary N) is 1. The molecule has 1 amide bonds. The lowest BCUT2D eigenvalue weighted by Crippen LogP contribution is -2.21. The summed E-state index contributed by atoms with van der Waals surface area (Å²) >= 11 is 4.76. The highest BCUT2D eigenvalue weighted by atomic mass is 79.9. The van der Waals surface area contributed by atoms with Crippen LogP contribution in [-0.4, -0.2) is 32.1 Å². The standard InChI is InChI=1S/C21H22BrN5OS/c1-4-27-20(17-7-5-14(2)6-8-17)25-26-21(27)29-13-19(28)24-23-15(3)16-9-11-18(22)12-10-16/h5-12H,4,13H2,1-3H3,(H,24,28). The van der Waals surface area contributed by atoms with Gasteiger partial charge in [0.25, 0.3) is 5.91 Å². The van der Waals surface area contributed by atoms with E-state index < -0.39 is 0 Å². The predicted octanol–water partition coefficient (Wildman–Crippen LogP) is 4.67. The second-order valence-electron chi connectivity index (χ2n) is 6.44. The third kappa shape index (κ3) is 5.55. The zero-order valence-corrected chi connectivity index (χ0v) is 18.9. The molecule has 150 valence electrons. The maximum absolute atomic E-state index is 12.2. The lowest BCUT2D eigenvalue weighted by molar-refractivity contribution is -0.118. The van der Waals surface area contributed by atoms with Gasteiger partial charge < -0.3 is 4.57 Å². The summed E-state index contributed by atoms with van der Waals surface area (Å²) in [6.45, 7) is 6.67. The quantitative estimate of drug-likeness (QED) is 0.308. The molecule has 1 heterocycles. The van der Waals surface area contributed by atoms with Gasteiger partial charge in [-0.15, -0.1) is 10.2 Å². The van der Waals surface area contributed by atoms with Gasteiger partial charge in [0.05, 0.1) is 11.5 Å². The molecule has 0 atom stereocenters. The molecular formula is C21H22BrN5OS. The van der Waals surface area contributed by atoms with Gasteiger partial charge in [-0.25, -0.2) is 5.43 Å².